The Hall–Kier alpha value is -2.72. The maximum atomic E-state index is 10.6. The van der Waals surface area contributed by atoms with Crippen LogP contribution in [0.5, 0.6) is 11.5 Å². The number of nitrogens with one attached hydrogen (secondary N) is 1. The monoisotopic (exact) mass is 390 g/mol. The van der Waals surface area contributed by atoms with E-state index in [1.165, 1.54) is 0 Å². The van der Waals surface area contributed by atoms with Crippen LogP contribution in [0.1, 0.15) is 43.4 Å². The fourth-order valence-electron chi connectivity index (χ4n) is 4.41. The second-order valence-electron chi connectivity index (χ2n) is 7.82. The first-order chi connectivity index (χ1) is 14.1. The zero-order valence-corrected chi connectivity index (χ0v) is 17.4. The lowest BCUT2D eigenvalue weighted by Gasteiger charge is -2.40. The highest BCUT2D eigenvalue weighted by atomic mass is 16.5. The van der Waals surface area contributed by atoms with E-state index in [4.69, 9.17) is 4.74 Å². The predicted molar refractivity (Wildman–Crippen MR) is 119 cm³/mol. The number of nitrogens with zero attached hydrogens (tertiary/aromatic N) is 1. The number of phenols is 1. The third-order valence-corrected chi connectivity index (χ3v) is 6.12. The van der Waals surface area contributed by atoms with Crippen LogP contribution in [0.3, 0.4) is 0 Å². The van der Waals surface area contributed by atoms with E-state index in [0.29, 0.717) is 0 Å². The van der Waals surface area contributed by atoms with Crippen LogP contribution in [-0.2, 0) is 0 Å². The summed E-state index contributed by atoms with van der Waals surface area (Å²) in [6, 6.07) is 14.1. The molecular weight excluding hydrogens is 360 g/mol. The Balaban J connectivity index is 1.74. The van der Waals surface area contributed by atoms with Gasteiger partial charge in [-0.2, -0.15) is 0 Å². The van der Waals surface area contributed by atoms with Crippen molar-refractivity contribution < 1.29 is 9.84 Å². The van der Waals surface area contributed by atoms with Crippen molar-refractivity contribution >= 4 is 11.3 Å². The number of aromatic hydroxyl groups is 1. The smallest absolute Gasteiger partial charge is 0.132 e. The summed E-state index contributed by atoms with van der Waals surface area (Å²) in [6.45, 7) is 12.3. The minimum atomic E-state index is -0.315. The van der Waals surface area contributed by atoms with Crippen LogP contribution in [0.4, 0.5) is 0 Å². The SMILES string of the molecule is C=C(c1ccc(C2=CC3(CCNCC3)Oc3cccc(O)c32)cc1)N(CC)CC. The van der Waals surface area contributed by atoms with Crippen molar-refractivity contribution in [3.63, 3.8) is 0 Å². The van der Waals surface area contributed by atoms with Gasteiger partial charge in [-0.15, -0.1) is 0 Å². The molecule has 2 N–H and O–H groups in total. The molecule has 2 aromatic rings. The highest BCUT2D eigenvalue weighted by molar-refractivity contribution is 5.88. The largest absolute Gasteiger partial charge is 0.507 e. The average molecular weight is 391 g/mol. The number of benzene rings is 2. The molecule has 2 heterocycles. The van der Waals surface area contributed by atoms with Crippen molar-refractivity contribution in [2.24, 2.45) is 0 Å². The molecule has 1 saturated heterocycles. The van der Waals surface area contributed by atoms with Gasteiger partial charge >= 0.3 is 0 Å². The Morgan fingerprint density at radius 2 is 1.79 bits per heavy atom. The summed E-state index contributed by atoms with van der Waals surface area (Å²) in [7, 11) is 0. The van der Waals surface area contributed by atoms with Gasteiger partial charge in [-0.25, -0.2) is 0 Å². The third kappa shape index (κ3) is 3.65. The minimum absolute atomic E-state index is 0.258. The number of rotatable bonds is 5. The quantitative estimate of drug-likeness (QED) is 0.780. The molecule has 0 unspecified atom stereocenters. The van der Waals surface area contributed by atoms with E-state index in [2.05, 4.69) is 61.0 Å². The molecule has 2 aliphatic heterocycles. The maximum absolute atomic E-state index is 10.6. The second-order valence-corrected chi connectivity index (χ2v) is 7.82. The summed E-state index contributed by atoms with van der Waals surface area (Å²) in [5, 5.41) is 14.0. The Kier molecular flexibility index (Phi) is 5.37. The molecule has 1 spiro atoms. The van der Waals surface area contributed by atoms with Crippen molar-refractivity contribution in [3.05, 3.63) is 71.8 Å². The van der Waals surface area contributed by atoms with Gasteiger partial charge in [0, 0.05) is 31.6 Å². The van der Waals surface area contributed by atoms with Crippen LogP contribution in [0, 0.1) is 0 Å². The number of hydrogen-bond donors (Lipinski definition) is 2. The molecule has 2 aromatic carbocycles. The van der Waals surface area contributed by atoms with Gasteiger partial charge < -0.3 is 20.1 Å². The van der Waals surface area contributed by atoms with Crippen molar-refractivity contribution in [1.29, 1.82) is 0 Å². The molecule has 0 aliphatic carbocycles. The van der Waals surface area contributed by atoms with Crippen molar-refractivity contribution in [2.45, 2.75) is 32.3 Å². The standard InChI is InChI=1S/C25H30N2O2/c1-4-27(5-2)18(3)19-9-11-20(12-10-19)21-17-25(13-15-26-16-14-25)29-23-8-6-7-22(28)24(21)23/h6-12,17,26,28H,3-5,13-16H2,1-2H3. The van der Waals surface area contributed by atoms with E-state index in [0.717, 1.165) is 72.7 Å². The van der Waals surface area contributed by atoms with Gasteiger partial charge in [0.05, 0.1) is 5.56 Å². The van der Waals surface area contributed by atoms with Crippen LogP contribution >= 0.6 is 0 Å². The topological polar surface area (TPSA) is 44.7 Å². The fraction of sp³-hybridized carbons (Fsp3) is 0.360. The molecule has 0 bridgehead atoms. The first-order valence-corrected chi connectivity index (χ1v) is 10.6. The summed E-state index contributed by atoms with van der Waals surface area (Å²) in [6.07, 6.45) is 4.06. The third-order valence-electron chi connectivity index (χ3n) is 6.12. The van der Waals surface area contributed by atoms with Crippen molar-refractivity contribution in [3.8, 4) is 11.5 Å². The highest BCUT2D eigenvalue weighted by Gasteiger charge is 2.37. The van der Waals surface area contributed by atoms with Gasteiger partial charge in [0.15, 0.2) is 0 Å². The molecular formula is C25H30N2O2. The lowest BCUT2D eigenvalue weighted by atomic mass is 9.83. The molecule has 4 nitrogen and oxygen atoms in total. The minimum Gasteiger partial charge on any atom is -0.507 e. The van der Waals surface area contributed by atoms with Crippen LogP contribution in [0.2, 0.25) is 0 Å². The first kappa shape index (κ1) is 19.6. The van der Waals surface area contributed by atoms with E-state index < -0.39 is 0 Å². The van der Waals surface area contributed by atoms with E-state index in [1.807, 2.05) is 12.1 Å². The average Bonchev–Trinajstić information content (AvgIpc) is 2.74. The van der Waals surface area contributed by atoms with Crippen LogP contribution < -0.4 is 10.1 Å². The van der Waals surface area contributed by atoms with Crippen LogP contribution in [-0.4, -0.2) is 41.8 Å². The van der Waals surface area contributed by atoms with Gasteiger partial charge in [0.25, 0.3) is 0 Å². The first-order valence-electron chi connectivity index (χ1n) is 10.6. The van der Waals surface area contributed by atoms with Gasteiger partial charge in [0.1, 0.15) is 17.1 Å². The molecule has 152 valence electrons. The summed E-state index contributed by atoms with van der Waals surface area (Å²) >= 11 is 0. The Morgan fingerprint density at radius 1 is 1.10 bits per heavy atom. The molecule has 4 heteroatoms. The molecule has 0 saturated carbocycles. The van der Waals surface area contributed by atoms with Gasteiger partial charge in [0.2, 0.25) is 0 Å². The summed E-state index contributed by atoms with van der Waals surface area (Å²) in [5.74, 6) is 1.02. The lowest BCUT2D eigenvalue weighted by molar-refractivity contribution is 0.0813. The number of phenolic OH excluding ortho intramolecular Hbond substituents is 1. The molecule has 1 fully saturated rings. The van der Waals surface area contributed by atoms with Gasteiger partial charge in [-0.05, 0) is 61.8 Å². The summed E-state index contributed by atoms with van der Waals surface area (Å²) in [5.41, 5.74) is 4.77. The molecule has 0 radical (unpaired) electrons. The van der Waals surface area contributed by atoms with Crippen molar-refractivity contribution in [1.82, 2.24) is 10.2 Å². The molecule has 0 aromatic heterocycles. The Morgan fingerprint density at radius 3 is 2.45 bits per heavy atom. The number of hydrogen-bond acceptors (Lipinski definition) is 4. The Bertz CT molecular complexity index is 920. The summed E-state index contributed by atoms with van der Waals surface area (Å²) in [4.78, 5) is 2.26. The lowest BCUT2D eigenvalue weighted by Crippen LogP contribution is -2.46. The zero-order chi connectivity index (χ0) is 20.4. The maximum Gasteiger partial charge on any atom is 0.132 e. The highest BCUT2D eigenvalue weighted by Crippen LogP contribution is 2.46. The molecule has 0 amide bonds. The molecule has 0 atom stereocenters. The van der Waals surface area contributed by atoms with E-state index >= 15 is 0 Å². The van der Waals surface area contributed by atoms with Crippen LogP contribution in [0.25, 0.3) is 11.3 Å². The molecule has 4 rings (SSSR count). The summed E-state index contributed by atoms with van der Waals surface area (Å²) < 4.78 is 6.42. The predicted octanol–water partition coefficient (Wildman–Crippen LogP) is 4.65. The number of fused-ring (bicyclic) bond motifs is 1. The fourth-order valence-corrected chi connectivity index (χ4v) is 4.41. The van der Waals surface area contributed by atoms with Crippen molar-refractivity contribution in [2.75, 3.05) is 26.2 Å². The van der Waals surface area contributed by atoms with Crippen LogP contribution in [0.15, 0.2) is 55.1 Å². The van der Waals surface area contributed by atoms with E-state index in [9.17, 15) is 5.11 Å². The molecule has 2 aliphatic rings. The van der Waals surface area contributed by atoms with Gasteiger partial charge in [-0.1, -0.05) is 36.9 Å². The molecule has 29 heavy (non-hydrogen) atoms. The van der Waals surface area contributed by atoms with Gasteiger partial charge in [-0.3, -0.25) is 0 Å². The second kappa shape index (κ2) is 7.96. The van der Waals surface area contributed by atoms with E-state index in [1.54, 1.807) is 6.07 Å². The number of piperidine rings is 1. The number of ether oxygens (including phenoxy) is 1. The zero-order valence-electron chi connectivity index (χ0n) is 17.4. The Labute approximate surface area is 173 Å². The normalized spacial score (nSPS) is 17.2. The van der Waals surface area contributed by atoms with E-state index in [-0.39, 0.29) is 11.4 Å².